The summed E-state index contributed by atoms with van der Waals surface area (Å²) in [5.41, 5.74) is 1.07. The zero-order valence-corrected chi connectivity index (χ0v) is 13.3. The summed E-state index contributed by atoms with van der Waals surface area (Å²) in [6.45, 7) is 5.08. The van der Waals surface area contributed by atoms with Gasteiger partial charge in [-0.15, -0.1) is 11.3 Å². The average Bonchev–Trinajstić information content (AvgIpc) is 2.92. The van der Waals surface area contributed by atoms with Crippen LogP contribution in [-0.2, 0) is 0 Å². The molecule has 0 aliphatic rings. The lowest BCUT2D eigenvalue weighted by atomic mass is 10.1. The Kier molecular flexibility index (Phi) is 5.07. The molecule has 2 nitrogen and oxygen atoms in total. The topological polar surface area (TPSA) is 24.9 Å². The van der Waals surface area contributed by atoms with Crippen LogP contribution in [0.5, 0.6) is 0 Å². The molecule has 2 rings (SSSR count). The zero-order valence-electron chi connectivity index (χ0n) is 10.9. The molecule has 5 heteroatoms. The van der Waals surface area contributed by atoms with Gasteiger partial charge in [0.15, 0.2) is 0 Å². The van der Waals surface area contributed by atoms with Crippen LogP contribution < -0.4 is 5.32 Å². The van der Waals surface area contributed by atoms with E-state index in [0.29, 0.717) is 10.4 Å². The van der Waals surface area contributed by atoms with Crippen molar-refractivity contribution in [2.45, 2.75) is 25.8 Å². The van der Waals surface area contributed by atoms with E-state index in [-0.39, 0.29) is 11.9 Å². The Morgan fingerprint density at radius 1 is 1.42 bits per heavy atom. The third-order valence-electron chi connectivity index (χ3n) is 3.05. The molecular formula is C14H16BrFN2S. The van der Waals surface area contributed by atoms with Gasteiger partial charge >= 0.3 is 0 Å². The summed E-state index contributed by atoms with van der Waals surface area (Å²) in [5, 5.41) is 6.59. The number of hydrogen-bond acceptors (Lipinski definition) is 3. The number of rotatable bonds is 5. The van der Waals surface area contributed by atoms with Crippen molar-refractivity contribution in [1.29, 1.82) is 0 Å². The first-order chi connectivity index (χ1) is 9.08. The van der Waals surface area contributed by atoms with Crippen LogP contribution in [-0.4, -0.2) is 11.5 Å². The lowest BCUT2D eigenvalue weighted by Crippen LogP contribution is -2.23. The highest BCUT2D eigenvalue weighted by atomic mass is 79.9. The first-order valence-corrected chi connectivity index (χ1v) is 7.83. The molecule has 0 saturated heterocycles. The molecule has 1 aromatic carbocycles. The summed E-state index contributed by atoms with van der Waals surface area (Å²) in [6.07, 6.45) is 1.83. The van der Waals surface area contributed by atoms with E-state index in [4.69, 9.17) is 0 Å². The number of hydrogen-bond donors (Lipinski definition) is 1. The summed E-state index contributed by atoms with van der Waals surface area (Å²) in [5.74, 6) is 0.151. The molecule has 2 aromatic rings. The second kappa shape index (κ2) is 6.59. The van der Waals surface area contributed by atoms with Crippen molar-refractivity contribution in [2.75, 3.05) is 6.54 Å². The van der Waals surface area contributed by atoms with Crippen molar-refractivity contribution in [3.8, 4) is 0 Å². The van der Waals surface area contributed by atoms with E-state index in [9.17, 15) is 4.39 Å². The first-order valence-electron chi connectivity index (χ1n) is 6.15. The Bertz CT molecular complexity index is 530. The van der Waals surface area contributed by atoms with E-state index >= 15 is 0 Å². The lowest BCUT2D eigenvalue weighted by Gasteiger charge is -2.17. The van der Waals surface area contributed by atoms with Gasteiger partial charge in [0.05, 0.1) is 9.48 Å². The van der Waals surface area contributed by atoms with Crippen molar-refractivity contribution in [3.63, 3.8) is 0 Å². The van der Waals surface area contributed by atoms with Crippen LogP contribution in [0.2, 0.25) is 0 Å². The monoisotopic (exact) mass is 342 g/mol. The van der Waals surface area contributed by atoms with Crippen molar-refractivity contribution in [3.05, 3.63) is 50.6 Å². The summed E-state index contributed by atoms with van der Waals surface area (Å²) in [6, 6.07) is 5.30. The molecule has 2 unspecified atom stereocenters. The van der Waals surface area contributed by atoms with E-state index in [2.05, 4.69) is 40.1 Å². The Labute approximate surface area is 125 Å². The fourth-order valence-electron chi connectivity index (χ4n) is 1.82. The standard InChI is InChI=1S/C14H16BrFN2S/c1-9(14-17-5-6-19-14)8-18-10(2)11-3-4-13(16)12(15)7-11/h3-7,9-10,18H,8H2,1-2H3. The number of nitrogens with one attached hydrogen (secondary N) is 1. The number of benzene rings is 1. The third-order valence-corrected chi connectivity index (χ3v) is 4.66. The Morgan fingerprint density at radius 3 is 2.84 bits per heavy atom. The Balaban J connectivity index is 1.93. The van der Waals surface area contributed by atoms with Crippen molar-refractivity contribution < 1.29 is 4.39 Å². The second-order valence-electron chi connectivity index (χ2n) is 4.57. The van der Waals surface area contributed by atoms with Crippen molar-refractivity contribution >= 4 is 27.3 Å². The summed E-state index contributed by atoms with van der Waals surface area (Å²) < 4.78 is 13.7. The van der Waals surface area contributed by atoms with Crippen LogP contribution in [0.1, 0.15) is 36.4 Å². The molecule has 0 radical (unpaired) electrons. The predicted molar refractivity (Wildman–Crippen MR) is 81.0 cm³/mol. The van der Waals surface area contributed by atoms with Gasteiger partial charge in [-0.2, -0.15) is 0 Å². The maximum Gasteiger partial charge on any atom is 0.137 e. The molecule has 0 spiro atoms. The number of halogens is 2. The molecule has 0 aliphatic heterocycles. The largest absolute Gasteiger partial charge is 0.310 e. The quantitative estimate of drug-likeness (QED) is 0.865. The highest BCUT2D eigenvalue weighted by Crippen LogP contribution is 2.22. The zero-order chi connectivity index (χ0) is 13.8. The van der Waals surface area contributed by atoms with Gasteiger partial charge in [-0.1, -0.05) is 13.0 Å². The Hall–Kier alpha value is -0.780. The number of aromatic nitrogens is 1. The van der Waals surface area contributed by atoms with Gasteiger partial charge in [0, 0.05) is 30.1 Å². The molecule has 1 N–H and O–H groups in total. The smallest absolute Gasteiger partial charge is 0.137 e. The van der Waals surface area contributed by atoms with Crippen LogP contribution in [0, 0.1) is 5.82 Å². The normalized spacial score (nSPS) is 14.3. The highest BCUT2D eigenvalue weighted by Gasteiger charge is 2.12. The Morgan fingerprint density at radius 2 is 2.21 bits per heavy atom. The SMILES string of the molecule is CC(CNC(C)c1ccc(F)c(Br)c1)c1nccs1. The van der Waals surface area contributed by atoms with Gasteiger partial charge in [-0.3, -0.25) is 0 Å². The molecular weight excluding hydrogens is 327 g/mol. The number of nitrogens with zero attached hydrogens (tertiary/aromatic N) is 1. The minimum Gasteiger partial charge on any atom is -0.310 e. The molecule has 0 aliphatic carbocycles. The molecule has 2 atom stereocenters. The maximum absolute atomic E-state index is 13.2. The van der Waals surface area contributed by atoms with Crippen LogP contribution in [0.15, 0.2) is 34.2 Å². The van der Waals surface area contributed by atoms with E-state index < -0.39 is 0 Å². The summed E-state index contributed by atoms with van der Waals surface area (Å²) in [7, 11) is 0. The van der Waals surface area contributed by atoms with Gasteiger partial charge in [0.25, 0.3) is 0 Å². The van der Waals surface area contributed by atoms with Crippen LogP contribution in [0.25, 0.3) is 0 Å². The van der Waals surface area contributed by atoms with Crippen molar-refractivity contribution in [1.82, 2.24) is 10.3 Å². The maximum atomic E-state index is 13.2. The minimum atomic E-state index is -0.230. The van der Waals surface area contributed by atoms with Crippen LogP contribution in [0.4, 0.5) is 4.39 Å². The third kappa shape index (κ3) is 3.84. The fourth-order valence-corrected chi connectivity index (χ4v) is 2.91. The number of thiazole rings is 1. The molecule has 0 saturated carbocycles. The van der Waals surface area contributed by atoms with Gasteiger partial charge < -0.3 is 5.32 Å². The van der Waals surface area contributed by atoms with Gasteiger partial charge in [-0.05, 0) is 40.5 Å². The fraction of sp³-hybridized carbons (Fsp3) is 0.357. The molecule has 102 valence electrons. The molecule has 0 fully saturated rings. The van der Waals surface area contributed by atoms with E-state index in [1.54, 1.807) is 11.3 Å². The molecule has 1 aromatic heterocycles. The van der Waals surface area contributed by atoms with E-state index in [1.807, 2.05) is 23.7 Å². The van der Waals surface area contributed by atoms with E-state index in [0.717, 1.165) is 17.1 Å². The molecule has 0 bridgehead atoms. The highest BCUT2D eigenvalue weighted by molar-refractivity contribution is 9.10. The van der Waals surface area contributed by atoms with Crippen molar-refractivity contribution in [2.24, 2.45) is 0 Å². The average molecular weight is 343 g/mol. The van der Waals surface area contributed by atoms with Gasteiger partial charge in [-0.25, -0.2) is 9.37 Å². The minimum absolute atomic E-state index is 0.180. The van der Waals surface area contributed by atoms with Gasteiger partial charge in [0.1, 0.15) is 5.82 Å². The molecule has 1 heterocycles. The van der Waals surface area contributed by atoms with E-state index in [1.165, 1.54) is 6.07 Å². The lowest BCUT2D eigenvalue weighted by molar-refractivity contribution is 0.534. The van der Waals surface area contributed by atoms with Crippen LogP contribution in [0.3, 0.4) is 0 Å². The first kappa shape index (κ1) is 14.6. The molecule has 0 amide bonds. The molecule has 19 heavy (non-hydrogen) atoms. The van der Waals surface area contributed by atoms with Crippen LogP contribution >= 0.6 is 27.3 Å². The second-order valence-corrected chi connectivity index (χ2v) is 6.36. The summed E-state index contributed by atoms with van der Waals surface area (Å²) >= 11 is 4.89. The predicted octanol–water partition coefficient (Wildman–Crippen LogP) is 4.50. The van der Waals surface area contributed by atoms with Gasteiger partial charge in [0.2, 0.25) is 0 Å². The summed E-state index contributed by atoms with van der Waals surface area (Å²) in [4.78, 5) is 4.31.